The summed E-state index contributed by atoms with van der Waals surface area (Å²) in [4.78, 5) is 14.3. The Morgan fingerprint density at radius 1 is 1.31 bits per heavy atom. The summed E-state index contributed by atoms with van der Waals surface area (Å²) in [5, 5.41) is 3.49. The van der Waals surface area contributed by atoms with Crippen LogP contribution in [0.15, 0.2) is 0 Å². The Labute approximate surface area is 99.6 Å². The van der Waals surface area contributed by atoms with E-state index in [-0.39, 0.29) is 17.0 Å². The van der Waals surface area contributed by atoms with Crippen LogP contribution in [0, 0.1) is 5.92 Å². The van der Waals surface area contributed by atoms with Crippen molar-refractivity contribution in [2.45, 2.75) is 59.0 Å². The number of carbonyl (C=O) groups is 1. The number of hydrogen-bond acceptors (Lipinski definition) is 2. The smallest absolute Gasteiger partial charge is 0.223 e. The number of nitrogens with one attached hydrogen (secondary N) is 1. The SMILES string of the molecule is CC(C)CC(=O)N1CC(C)(C)NCC1(C)C. The van der Waals surface area contributed by atoms with E-state index >= 15 is 0 Å². The molecule has 0 aromatic rings. The molecule has 1 N–H and O–H groups in total. The number of piperazine rings is 1. The highest BCUT2D eigenvalue weighted by Crippen LogP contribution is 2.24. The summed E-state index contributed by atoms with van der Waals surface area (Å²) in [5.74, 6) is 0.718. The first-order valence-electron chi connectivity index (χ1n) is 6.19. The summed E-state index contributed by atoms with van der Waals surface area (Å²) in [5.41, 5.74) is -0.0380. The molecule has 1 aliphatic rings. The summed E-state index contributed by atoms with van der Waals surface area (Å²) >= 11 is 0. The van der Waals surface area contributed by atoms with Crippen molar-refractivity contribution in [2.24, 2.45) is 5.92 Å². The minimum atomic E-state index is -0.0680. The molecule has 0 saturated carbocycles. The van der Waals surface area contributed by atoms with Gasteiger partial charge in [0.15, 0.2) is 0 Å². The van der Waals surface area contributed by atoms with Crippen LogP contribution >= 0.6 is 0 Å². The van der Waals surface area contributed by atoms with Crippen LogP contribution < -0.4 is 5.32 Å². The van der Waals surface area contributed by atoms with E-state index in [0.717, 1.165) is 13.1 Å². The summed E-state index contributed by atoms with van der Waals surface area (Å²) < 4.78 is 0. The molecule has 3 heteroatoms. The molecule has 1 heterocycles. The number of rotatable bonds is 2. The van der Waals surface area contributed by atoms with E-state index < -0.39 is 0 Å². The number of hydrogen-bond donors (Lipinski definition) is 1. The van der Waals surface area contributed by atoms with Crippen LogP contribution in [0.2, 0.25) is 0 Å². The van der Waals surface area contributed by atoms with Gasteiger partial charge in [0.2, 0.25) is 5.91 Å². The van der Waals surface area contributed by atoms with Crippen LogP contribution in [0.25, 0.3) is 0 Å². The van der Waals surface area contributed by atoms with Gasteiger partial charge in [0.1, 0.15) is 0 Å². The molecule has 1 saturated heterocycles. The molecule has 0 aliphatic carbocycles. The molecule has 1 amide bonds. The molecule has 0 spiro atoms. The first-order valence-corrected chi connectivity index (χ1v) is 6.19. The lowest BCUT2D eigenvalue weighted by Gasteiger charge is -2.49. The van der Waals surface area contributed by atoms with Gasteiger partial charge in [-0.25, -0.2) is 0 Å². The fraction of sp³-hybridized carbons (Fsp3) is 0.923. The number of nitrogens with zero attached hydrogens (tertiary/aromatic N) is 1. The average Bonchev–Trinajstić information content (AvgIpc) is 2.09. The molecule has 0 unspecified atom stereocenters. The fourth-order valence-electron chi connectivity index (χ4n) is 2.10. The largest absolute Gasteiger partial charge is 0.334 e. The zero-order valence-corrected chi connectivity index (χ0v) is 11.6. The summed E-state index contributed by atoms with van der Waals surface area (Å²) in [6, 6.07) is 0. The number of carbonyl (C=O) groups excluding carboxylic acids is 1. The maximum Gasteiger partial charge on any atom is 0.223 e. The van der Waals surface area contributed by atoms with Gasteiger partial charge < -0.3 is 10.2 Å². The topological polar surface area (TPSA) is 32.3 Å². The highest BCUT2D eigenvalue weighted by Gasteiger charge is 2.39. The Kier molecular flexibility index (Phi) is 3.68. The van der Waals surface area contributed by atoms with Crippen molar-refractivity contribution in [3.8, 4) is 0 Å². The third-order valence-corrected chi connectivity index (χ3v) is 3.17. The summed E-state index contributed by atoms with van der Waals surface area (Å²) in [6.45, 7) is 14.4. The predicted octanol–water partition coefficient (Wildman–Crippen LogP) is 2.02. The molecular formula is C13H26N2O. The quantitative estimate of drug-likeness (QED) is 0.781. The van der Waals surface area contributed by atoms with Gasteiger partial charge in [-0.3, -0.25) is 4.79 Å². The molecule has 1 aliphatic heterocycles. The van der Waals surface area contributed by atoms with E-state index in [4.69, 9.17) is 0 Å². The van der Waals surface area contributed by atoms with E-state index in [9.17, 15) is 4.79 Å². The maximum atomic E-state index is 12.2. The monoisotopic (exact) mass is 226 g/mol. The molecule has 16 heavy (non-hydrogen) atoms. The fourth-order valence-corrected chi connectivity index (χ4v) is 2.10. The molecule has 1 rings (SSSR count). The van der Waals surface area contributed by atoms with Crippen molar-refractivity contribution in [1.82, 2.24) is 10.2 Å². The van der Waals surface area contributed by atoms with E-state index in [1.165, 1.54) is 0 Å². The Bertz CT molecular complexity index is 269. The normalized spacial score (nSPS) is 23.6. The Morgan fingerprint density at radius 2 is 1.88 bits per heavy atom. The number of amides is 1. The molecule has 3 nitrogen and oxygen atoms in total. The molecule has 0 radical (unpaired) electrons. The maximum absolute atomic E-state index is 12.2. The van der Waals surface area contributed by atoms with Crippen LogP contribution in [0.3, 0.4) is 0 Å². The molecule has 0 aromatic carbocycles. The average molecular weight is 226 g/mol. The zero-order chi connectivity index (χ0) is 12.6. The highest BCUT2D eigenvalue weighted by atomic mass is 16.2. The van der Waals surface area contributed by atoms with Crippen LogP contribution in [-0.2, 0) is 4.79 Å². The predicted molar refractivity (Wildman–Crippen MR) is 67.3 cm³/mol. The van der Waals surface area contributed by atoms with Crippen LogP contribution in [-0.4, -0.2) is 35.0 Å². The van der Waals surface area contributed by atoms with Gasteiger partial charge in [0.05, 0.1) is 0 Å². The van der Waals surface area contributed by atoms with Gasteiger partial charge in [0, 0.05) is 30.6 Å². The van der Waals surface area contributed by atoms with Crippen molar-refractivity contribution in [2.75, 3.05) is 13.1 Å². The molecule has 94 valence electrons. The van der Waals surface area contributed by atoms with Gasteiger partial charge in [0.25, 0.3) is 0 Å². The van der Waals surface area contributed by atoms with Crippen molar-refractivity contribution in [3.05, 3.63) is 0 Å². The van der Waals surface area contributed by atoms with E-state index in [1.807, 2.05) is 4.90 Å². The van der Waals surface area contributed by atoms with Gasteiger partial charge in [-0.05, 0) is 33.6 Å². The third kappa shape index (κ3) is 3.21. The second-order valence-electron chi connectivity index (χ2n) is 6.63. The third-order valence-electron chi connectivity index (χ3n) is 3.17. The summed E-state index contributed by atoms with van der Waals surface area (Å²) in [6.07, 6.45) is 0.652. The minimum Gasteiger partial charge on any atom is -0.334 e. The Morgan fingerprint density at radius 3 is 2.38 bits per heavy atom. The summed E-state index contributed by atoms with van der Waals surface area (Å²) in [7, 11) is 0. The van der Waals surface area contributed by atoms with E-state index in [1.54, 1.807) is 0 Å². The van der Waals surface area contributed by atoms with Crippen LogP contribution in [0.4, 0.5) is 0 Å². The molecule has 0 bridgehead atoms. The van der Waals surface area contributed by atoms with Crippen molar-refractivity contribution >= 4 is 5.91 Å². The second kappa shape index (κ2) is 4.36. The highest BCUT2D eigenvalue weighted by molar-refractivity contribution is 5.77. The first kappa shape index (κ1) is 13.5. The Hall–Kier alpha value is -0.570. The standard InChI is InChI=1S/C13H26N2O/c1-10(2)7-11(16)15-9-12(3,4)14-8-13(15,5)6/h10,14H,7-9H2,1-6H3. The van der Waals surface area contributed by atoms with Gasteiger partial charge in [-0.2, -0.15) is 0 Å². The van der Waals surface area contributed by atoms with E-state index in [0.29, 0.717) is 12.3 Å². The van der Waals surface area contributed by atoms with Crippen molar-refractivity contribution in [1.29, 1.82) is 0 Å². The molecular weight excluding hydrogens is 200 g/mol. The molecule has 1 fully saturated rings. The van der Waals surface area contributed by atoms with Crippen molar-refractivity contribution < 1.29 is 4.79 Å². The lowest BCUT2D eigenvalue weighted by atomic mass is 9.90. The molecule has 0 aromatic heterocycles. The van der Waals surface area contributed by atoms with Crippen molar-refractivity contribution in [3.63, 3.8) is 0 Å². The van der Waals surface area contributed by atoms with Crippen LogP contribution in [0.1, 0.15) is 48.0 Å². The first-order chi connectivity index (χ1) is 7.14. The lowest BCUT2D eigenvalue weighted by Crippen LogP contribution is -2.67. The van der Waals surface area contributed by atoms with Gasteiger partial charge in [-0.1, -0.05) is 13.8 Å². The van der Waals surface area contributed by atoms with Gasteiger partial charge >= 0.3 is 0 Å². The van der Waals surface area contributed by atoms with E-state index in [2.05, 4.69) is 46.9 Å². The Balaban J connectivity index is 2.77. The van der Waals surface area contributed by atoms with Gasteiger partial charge in [-0.15, -0.1) is 0 Å². The zero-order valence-electron chi connectivity index (χ0n) is 11.6. The van der Waals surface area contributed by atoms with Crippen LogP contribution in [0.5, 0.6) is 0 Å². The second-order valence-corrected chi connectivity index (χ2v) is 6.63. The molecule has 0 atom stereocenters. The lowest BCUT2D eigenvalue weighted by molar-refractivity contribution is -0.141. The minimum absolute atomic E-state index is 0.0299.